The maximum absolute atomic E-state index is 11.9. The van der Waals surface area contributed by atoms with E-state index in [4.69, 9.17) is 4.74 Å². The van der Waals surface area contributed by atoms with Crippen LogP contribution in [0.15, 0.2) is 12.4 Å². The third-order valence-electron chi connectivity index (χ3n) is 3.65. The summed E-state index contributed by atoms with van der Waals surface area (Å²) in [5, 5.41) is 7.24. The summed E-state index contributed by atoms with van der Waals surface area (Å²) >= 11 is 0. The molecule has 0 unspecified atom stereocenters. The average Bonchev–Trinajstić information content (AvgIpc) is 2.72. The van der Waals surface area contributed by atoms with Gasteiger partial charge in [-0.3, -0.25) is 9.48 Å². The van der Waals surface area contributed by atoms with E-state index in [1.165, 1.54) is 25.7 Å². The lowest BCUT2D eigenvalue weighted by Gasteiger charge is -2.16. The lowest BCUT2D eigenvalue weighted by molar-refractivity contribution is -0.123. The van der Waals surface area contributed by atoms with Crippen LogP contribution in [0.4, 0.5) is 0 Å². The fraction of sp³-hybridized carbons (Fsp3) is 0.733. The highest BCUT2D eigenvalue weighted by Gasteiger charge is 2.15. The Kier molecular flexibility index (Phi) is 5.89. The third kappa shape index (κ3) is 4.87. The van der Waals surface area contributed by atoms with Crippen molar-refractivity contribution < 1.29 is 9.53 Å². The topological polar surface area (TPSA) is 56.1 Å². The Morgan fingerprint density at radius 2 is 2.15 bits per heavy atom. The maximum Gasteiger partial charge on any atom is 0.258 e. The van der Waals surface area contributed by atoms with Crippen molar-refractivity contribution in [2.24, 2.45) is 0 Å². The predicted molar refractivity (Wildman–Crippen MR) is 77.6 cm³/mol. The van der Waals surface area contributed by atoms with E-state index in [-0.39, 0.29) is 12.5 Å². The Hall–Kier alpha value is -1.52. The molecule has 5 nitrogen and oxygen atoms in total. The van der Waals surface area contributed by atoms with Gasteiger partial charge in [0.1, 0.15) is 0 Å². The van der Waals surface area contributed by atoms with Crippen LogP contribution in [0.25, 0.3) is 0 Å². The molecule has 112 valence electrons. The minimum atomic E-state index is -0.0276. The Balaban J connectivity index is 1.70. The van der Waals surface area contributed by atoms with E-state index >= 15 is 0 Å². The normalized spacial score (nSPS) is 16.6. The highest BCUT2D eigenvalue weighted by molar-refractivity contribution is 5.77. The molecule has 2 rings (SSSR count). The van der Waals surface area contributed by atoms with Gasteiger partial charge < -0.3 is 10.1 Å². The first-order valence-electron chi connectivity index (χ1n) is 7.72. The van der Waals surface area contributed by atoms with Crippen LogP contribution in [0.5, 0.6) is 5.75 Å². The smallest absolute Gasteiger partial charge is 0.258 e. The summed E-state index contributed by atoms with van der Waals surface area (Å²) in [5.41, 5.74) is 0. The molecule has 1 aromatic rings. The van der Waals surface area contributed by atoms with Crippen molar-refractivity contribution in [2.75, 3.05) is 6.61 Å². The molecule has 5 heteroatoms. The standard InChI is InChI=1S/C15H25N3O2/c1-2-9-18-11-14(10-16-18)20-12-15(19)17-13-7-5-3-4-6-8-13/h10-11,13H,2-9,12H2,1H3,(H,17,19). The van der Waals surface area contributed by atoms with Gasteiger partial charge in [0.25, 0.3) is 5.91 Å². The summed E-state index contributed by atoms with van der Waals surface area (Å²) in [6.07, 6.45) is 11.7. The highest BCUT2D eigenvalue weighted by Crippen LogP contribution is 2.17. The summed E-state index contributed by atoms with van der Waals surface area (Å²) in [6.45, 7) is 3.05. The van der Waals surface area contributed by atoms with Crippen LogP contribution in [0.3, 0.4) is 0 Å². The van der Waals surface area contributed by atoms with E-state index in [2.05, 4.69) is 17.3 Å². The van der Waals surface area contributed by atoms with Gasteiger partial charge in [-0.1, -0.05) is 32.6 Å². The first-order valence-corrected chi connectivity index (χ1v) is 7.72. The molecule has 1 heterocycles. The van der Waals surface area contributed by atoms with Crippen LogP contribution in [0.1, 0.15) is 51.9 Å². The zero-order chi connectivity index (χ0) is 14.2. The molecule has 0 radical (unpaired) electrons. The first-order chi connectivity index (χ1) is 9.78. The van der Waals surface area contributed by atoms with Crippen molar-refractivity contribution in [3.8, 4) is 5.75 Å². The number of carbonyl (C=O) groups excluding carboxylic acids is 1. The molecule has 0 bridgehead atoms. The number of carbonyl (C=O) groups is 1. The number of nitrogens with one attached hydrogen (secondary N) is 1. The number of hydrogen-bond donors (Lipinski definition) is 1. The monoisotopic (exact) mass is 279 g/mol. The van der Waals surface area contributed by atoms with E-state index in [1.807, 2.05) is 10.9 Å². The van der Waals surface area contributed by atoms with Gasteiger partial charge in [0.05, 0.1) is 12.4 Å². The number of aryl methyl sites for hydroxylation is 1. The van der Waals surface area contributed by atoms with Gasteiger partial charge in [-0.15, -0.1) is 0 Å². The molecule has 0 atom stereocenters. The Labute approximate surface area is 120 Å². The minimum absolute atomic E-state index is 0.0276. The van der Waals surface area contributed by atoms with E-state index in [1.54, 1.807) is 6.20 Å². The van der Waals surface area contributed by atoms with Crippen molar-refractivity contribution in [2.45, 2.75) is 64.5 Å². The summed E-state index contributed by atoms with van der Waals surface area (Å²) in [4.78, 5) is 11.9. The fourth-order valence-electron chi connectivity index (χ4n) is 2.61. The molecule has 1 aliphatic carbocycles. The Morgan fingerprint density at radius 3 is 2.85 bits per heavy atom. The van der Waals surface area contributed by atoms with Crippen LogP contribution in [0.2, 0.25) is 0 Å². The molecule has 1 fully saturated rings. The fourth-order valence-corrected chi connectivity index (χ4v) is 2.61. The Bertz CT molecular complexity index is 409. The molecule has 1 aromatic heterocycles. The quantitative estimate of drug-likeness (QED) is 0.814. The van der Waals surface area contributed by atoms with Crippen LogP contribution in [-0.4, -0.2) is 28.3 Å². The summed E-state index contributed by atoms with van der Waals surface area (Å²) in [5.74, 6) is 0.634. The van der Waals surface area contributed by atoms with Gasteiger partial charge in [-0.2, -0.15) is 5.10 Å². The molecule has 1 saturated carbocycles. The van der Waals surface area contributed by atoms with Crippen LogP contribution in [0, 0.1) is 0 Å². The number of hydrogen-bond acceptors (Lipinski definition) is 3. The van der Waals surface area contributed by atoms with E-state index < -0.39 is 0 Å². The van der Waals surface area contributed by atoms with Gasteiger partial charge in [-0.05, 0) is 19.3 Å². The first kappa shape index (κ1) is 14.9. The second-order valence-corrected chi connectivity index (χ2v) is 5.48. The molecular weight excluding hydrogens is 254 g/mol. The number of amides is 1. The molecule has 0 aromatic carbocycles. The van der Waals surface area contributed by atoms with Crippen molar-refractivity contribution >= 4 is 5.91 Å². The maximum atomic E-state index is 11.9. The van der Waals surface area contributed by atoms with Crippen molar-refractivity contribution in [1.29, 1.82) is 0 Å². The van der Waals surface area contributed by atoms with Crippen molar-refractivity contribution in [1.82, 2.24) is 15.1 Å². The van der Waals surface area contributed by atoms with Gasteiger partial charge in [0.15, 0.2) is 12.4 Å². The van der Waals surface area contributed by atoms with Gasteiger partial charge in [0, 0.05) is 12.6 Å². The molecule has 1 N–H and O–H groups in total. The van der Waals surface area contributed by atoms with Crippen LogP contribution in [-0.2, 0) is 11.3 Å². The van der Waals surface area contributed by atoms with E-state index in [0.29, 0.717) is 11.8 Å². The molecule has 1 aliphatic rings. The zero-order valence-corrected chi connectivity index (χ0v) is 12.3. The van der Waals surface area contributed by atoms with E-state index in [0.717, 1.165) is 25.8 Å². The second kappa shape index (κ2) is 7.92. The Morgan fingerprint density at radius 1 is 1.40 bits per heavy atom. The molecular formula is C15H25N3O2. The lowest BCUT2D eigenvalue weighted by atomic mass is 10.1. The van der Waals surface area contributed by atoms with Crippen molar-refractivity contribution in [3.05, 3.63) is 12.4 Å². The summed E-state index contributed by atoms with van der Waals surface area (Å²) in [6, 6.07) is 0.330. The number of aromatic nitrogens is 2. The lowest BCUT2D eigenvalue weighted by Crippen LogP contribution is -2.37. The van der Waals surface area contributed by atoms with Crippen LogP contribution < -0.4 is 10.1 Å². The minimum Gasteiger partial charge on any atom is -0.480 e. The highest BCUT2D eigenvalue weighted by atomic mass is 16.5. The average molecular weight is 279 g/mol. The molecule has 0 spiro atoms. The predicted octanol–water partition coefficient (Wildman–Crippen LogP) is 2.51. The molecule has 0 saturated heterocycles. The second-order valence-electron chi connectivity index (χ2n) is 5.48. The van der Waals surface area contributed by atoms with Crippen molar-refractivity contribution in [3.63, 3.8) is 0 Å². The molecule has 0 aliphatic heterocycles. The van der Waals surface area contributed by atoms with Crippen LogP contribution >= 0.6 is 0 Å². The largest absolute Gasteiger partial charge is 0.480 e. The SMILES string of the molecule is CCCn1cc(OCC(=O)NC2CCCCCC2)cn1. The number of ether oxygens (including phenoxy) is 1. The van der Waals surface area contributed by atoms with Gasteiger partial charge in [0.2, 0.25) is 0 Å². The molecule has 20 heavy (non-hydrogen) atoms. The summed E-state index contributed by atoms with van der Waals surface area (Å²) in [7, 11) is 0. The molecule has 1 amide bonds. The number of nitrogens with zero attached hydrogens (tertiary/aromatic N) is 2. The number of rotatable bonds is 6. The van der Waals surface area contributed by atoms with E-state index in [9.17, 15) is 4.79 Å². The third-order valence-corrected chi connectivity index (χ3v) is 3.65. The van der Waals surface area contributed by atoms with Gasteiger partial charge >= 0.3 is 0 Å². The van der Waals surface area contributed by atoms with Gasteiger partial charge in [-0.25, -0.2) is 0 Å². The zero-order valence-electron chi connectivity index (χ0n) is 12.3. The summed E-state index contributed by atoms with van der Waals surface area (Å²) < 4.78 is 7.30.